The summed E-state index contributed by atoms with van der Waals surface area (Å²) in [5.41, 5.74) is 0.579. The molecular formula is C14H23N3O3. The summed E-state index contributed by atoms with van der Waals surface area (Å²) in [7, 11) is 0. The van der Waals surface area contributed by atoms with Crippen LogP contribution in [0.15, 0.2) is 4.79 Å². The van der Waals surface area contributed by atoms with Crippen LogP contribution in [-0.2, 0) is 11.2 Å². The lowest BCUT2D eigenvalue weighted by molar-refractivity contribution is -0.122. The van der Waals surface area contributed by atoms with E-state index in [1.165, 1.54) is 0 Å². The predicted octanol–water partition coefficient (Wildman–Crippen LogP) is 0.597. The van der Waals surface area contributed by atoms with Gasteiger partial charge >= 0.3 is 0 Å². The Morgan fingerprint density at radius 3 is 2.60 bits per heavy atom. The third kappa shape index (κ3) is 4.77. The van der Waals surface area contributed by atoms with E-state index in [2.05, 4.69) is 15.3 Å². The monoisotopic (exact) mass is 281 g/mol. The molecule has 1 aromatic heterocycles. The molecule has 0 aliphatic heterocycles. The van der Waals surface area contributed by atoms with Crippen molar-refractivity contribution in [1.82, 2.24) is 15.3 Å². The summed E-state index contributed by atoms with van der Waals surface area (Å²) >= 11 is 0. The lowest BCUT2D eigenvalue weighted by Gasteiger charge is -2.25. The molecule has 1 rings (SSSR count). The Bertz CT molecular complexity index is 535. The van der Waals surface area contributed by atoms with Gasteiger partial charge in [0.25, 0.3) is 5.56 Å². The van der Waals surface area contributed by atoms with Gasteiger partial charge < -0.3 is 15.4 Å². The Balaban J connectivity index is 2.64. The smallest absolute Gasteiger partial charge is 0.254 e. The minimum Gasteiger partial charge on any atom is -0.396 e. The van der Waals surface area contributed by atoms with E-state index in [0.29, 0.717) is 29.9 Å². The van der Waals surface area contributed by atoms with Crippen LogP contribution in [0.2, 0.25) is 0 Å². The third-order valence-corrected chi connectivity index (χ3v) is 3.16. The topological polar surface area (TPSA) is 95.1 Å². The molecule has 0 saturated heterocycles. The van der Waals surface area contributed by atoms with Gasteiger partial charge in [0.1, 0.15) is 5.82 Å². The second kappa shape index (κ2) is 6.65. The summed E-state index contributed by atoms with van der Waals surface area (Å²) < 4.78 is 0. The number of carbonyl (C=O) groups is 1. The number of aromatic amines is 1. The van der Waals surface area contributed by atoms with Crippen LogP contribution in [0, 0.1) is 13.8 Å². The molecular weight excluding hydrogens is 258 g/mol. The van der Waals surface area contributed by atoms with Gasteiger partial charge in [-0.2, -0.15) is 0 Å². The molecule has 0 saturated carbocycles. The minimum atomic E-state index is -0.446. The SMILES string of the molecule is Cc1nc(C)c(CCC(=O)NC(C)(C)CCO)c(=O)[nH]1. The maximum absolute atomic E-state index is 11.9. The van der Waals surface area contributed by atoms with Gasteiger partial charge in [-0.25, -0.2) is 4.98 Å². The van der Waals surface area contributed by atoms with E-state index in [9.17, 15) is 9.59 Å². The van der Waals surface area contributed by atoms with Crippen molar-refractivity contribution in [2.24, 2.45) is 0 Å². The number of H-pyrrole nitrogens is 1. The first-order chi connectivity index (χ1) is 9.25. The predicted molar refractivity (Wildman–Crippen MR) is 76.6 cm³/mol. The zero-order valence-electron chi connectivity index (χ0n) is 12.5. The van der Waals surface area contributed by atoms with E-state index in [4.69, 9.17) is 5.11 Å². The fraction of sp³-hybridized carbons (Fsp3) is 0.643. The van der Waals surface area contributed by atoms with Gasteiger partial charge in [0.05, 0.1) is 0 Å². The molecule has 0 fully saturated rings. The largest absolute Gasteiger partial charge is 0.396 e. The molecule has 1 aromatic rings. The highest BCUT2D eigenvalue weighted by atomic mass is 16.3. The summed E-state index contributed by atoms with van der Waals surface area (Å²) in [6.45, 7) is 7.22. The van der Waals surface area contributed by atoms with Crippen LogP contribution in [0.1, 0.15) is 43.8 Å². The van der Waals surface area contributed by atoms with Gasteiger partial charge in [-0.3, -0.25) is 9.59 Å². The van der Waals surface area contributed by atoms with Crippen LogP contribution in [0.4, 0.5) is 0 Å². The quantitative estimate of drug-likeness (QED) is 0.711. The highest BCUT2D eigenvalue weighted by Crippen LogP contribution is 2.09. The number of aliphatic hydroxyl groups excluding tert-OH is 1. The molecule has 6 nitrogen and oxygen atoms in total. The number of rotatable bonds is 6. The highest BCUT2D eigenvalue weighted by Gasteiger charge is 2.19. The Morgan fingerprint density at radius 1 is 1.40 bits per heavy atom. The fourth-order valence-corrected chi connectivity index (χ4v) is 2.07. The van der Waals surface area contributed by atoms with E-state index in [1.54, 1.807) is 13.8 Å². The normalized spacial score (nSPS) is 11.4. The summed E-state index contributed by atoms with van der Waals surface area (Å²) in [6, 6.07) is 0. The molecule has 0 aromatic carbocycles. The summed E-state index contributed by atoms with van der Waals surface area (Å²) in [4.78, 5) is 30.5. The molecule has 0 radical (unpaired) electrons. The first-order valence-electron chi connectivity index (χ1n) is 6.73. The number of carbonyl (C=O) groups excluding carboxylic acids is 1. The zero-order valence-corrected chi connectivity index (χ0v) is 12.5. The molecule has 0 unspecified atom stereocenters. The Kier molecular flexibility index (Phi) is 5.44. The molecule has 0 aliphatic carbocycles. The van der Waals surface area contributed by atoms with E-state index >= 15 is 0 Å². The molecule has 6 heteroatoms. The maximum Gasteiger partial charge on any atom is 0.254 e. The maximum atomic E-state index is 11.9. The number of nitrogens with one attached hydrogen (secondary N) is 2. The number of hydrogen-bond donors (Lipinski definition) is 3. The van der Waals surface area contributed by atoms with E-state index < -0.39 is 5.54 Å². The lowest BCUT2D eigenvalue weighted by atomic mass is 10.0. The van der Waals surface area contributed by atoms with Crippen LogP contribution in [0.3, 0.4) is 0 Å². The standard InChI is InChI=1S/C14H23N3O3/c1-9-11(13(20)16-10(2)15-9)5-6-12(19)17-14(3,4)7-8-18/h18H,5-8H2,1-4H3,(H,17,19)(H,15,16,20). The van der Waals surface area contributed by atoms with Crippen LogP contribution in [0.25, 0.3) is 0 Å². The van der Waals surface area contributed by atoms with Crippen LogP contribution in [-0.4, -0.2) is 33.1 Å². The van der Waals surface area contributed by atoms with E-state index in [0.717, 1.165) is 0 Å². The summed E-state index contributed by atoms with van der Waals surface area (Å²) in [5.74, 6) is 0.438. The van der Waals surface area contributed by atoms with Crippen molar-refractivity contribution in [3.8, 4) is 0 Å². The van der Waals surface area contributed by atoms with Crippen molar-refractivity contribution in [3.05, 3.63) is 27.4 Å². The van der Waals surface area contributed by atoms with Crippen molar-refractivity contribution in [3.63, 3.8) is 0 Å². The number of aromatic nitrogens is 2. The number of hydrogen-bond acceptors (Lipinski definition) is 4. The van der Waals surface area contributed by atoms with Crippen molar-refractivity contribution >= 4 is 5.91 Å². The molecule has 0 bridgehead atoms. The first-order valence-corrected chi connectivity index (χ1v) is 6.73. The lowest BCUT2D eigenvalue weighted by Crippen LogP contribution is -2.44. The molecule has 0 atom stereocenters. The second-order valence-corrected chi connectivity index (χ2v) is 5.62. The molecule has 1 amide bonds. The Hall–Kier alpha value is -1.69. The van der Waals surface area contributed by atoms with Gasteiger partial charge in [0.2, 0.25) is 5.91 Å². The second-order valence-electron chi connectivity index (χ2n) is 5.62. The van der Waals surface area contributed by atoms with Gasteiger partial charge in [-0.1, -0.05) is 0 Å². The highest BCUT2D eigenvalue weighted by molar-refractivity contribution is 5.77. The summed E-state index contributed by atoms with van der Waals surface area (Å²) in [6.07, 6.45) is 1.07. The van der Waals surface area contributed by atoms with E-state index in [-0.39, 0.29) is 24.5 Å². The molecule has 0 spiro atoms. The van der Waals surface area contributed by atoms with Gasteiger partial charge in [-0.15, -0.1) is 0 Å². The molecule has 1 heterocycles. The zero-order chi connectivity index (χ0) is 15.3. The molecule has 0 aliphatic rings. The van der Waals surface area contributed by atoms with Gasteiger partial charge in [0.15, 0.2) is 0 Å². The minimum absolute atomic E-state index is 0.0218. The third-order valence-electron chi connectivity index (χ3n) is 3.16. The number of aliphatic hydroxyl groups is 1. The van der Waals surface area contributed by atoms with Crippen molar-refractivity contribution < 1.29 is 9.90 Å². The number of amides is 1. The Morgan fingerprint density at radius 2 is 2.05 bits per heavy atom. The molecule has 112 valence electrons. The first kappa shape index (κ1) is 16.4. The molecule has 20 heavy (non-hydrogen) atoms. The number of aryl methyl sites for hydroxylation is 2. The summed E-state index contributed by atoms with van der Waals surface area (Å²) in [5, 5.41) is 11.8. The van der Waals surface area contributed by atoms with Crippen LogP contribution < -0.4 is 10.9 Å². The molecule has 3 N–H and O–H groups in total. The average Bonchev–Trinajstić information content (AvgIpc) is 2.26. The van der Waals surface area contributed by atoms with Crippen molar-refractivity contribution in [2.75, 3.05) is 6.61 Å². The van der Waals surface area contributed by atoms with E-state index in [1.807, 2.05) is 13.8 Å². The fourth-order valence-electron chi connectivity index (χ4n) is 2.07. The Labute approximate surface area is 118 Å². The van der Waals surface area contributed by atoms with Crippen molar-refractivity contribution in [2.45, 2.75) is 52.5 Å². The van der Waals surface area contributed by atoms with Gasteiger partial charge in [0, 0.05) is 29.8 Å². The van der Waals surface area contributed by atoms with Crippen molar-refractivity contribution in [1.29, 1.82) is 0 Å². The number of nitrogens with zero attached hydrogens (tertiary/aromatic N) is 1. The van der Waals surface area contributed by atoms with Gasteiger partial charge in [-0.05, 0) is 40.5 Å². The average molecular weight is 281 g/mol. The van der Waals surface area contributed by atoms with Crippen LogP contribution >= 0.6 is 0 Å². The van der Waals surface area contributed by atoms with Crippen LogP contribution in [0.5, 0.6) is 0 Å².